The molecule has 0 aliphatic carbocycles. The molecule has 2 rings (SSSR count). The number of H-pyrrole nitrogens is 1. The predicted octanol–water partition coefficient (Wildman–Crippen LogP) is 2.95. The van der Waals surface area contributed by atoms with Crippen molar-refractivity contribution >= 4 is 0 Å². The van der Waals surface area contributed by atoms with Gasteiger partial charge in [-0.15, -0.1) is 0 Å². The minimum atomic E-state index is -0.0887. The molecular weight excluding hydrogens is 212 g/mol. The maximum atomic E-state index is 11.6. The van der Waals surface area contributed by atoms with E-state index in [1.54, 1.807) is 6.07 Å². The van der Waals surface area contributed by atoms with Crippen LogP contribution in [0, 0.1) is 0 Å². The Morgan fingerprint density at radius 1 is 1.29 bits per heavy atom. The fourth-order valence-electron chi connectivity index (χ4n) is 1.66. The lowest BCUT2D eigenvalue weighted by atomic mass is 10.1. The van der Waals surface area contributed by atoms with Crippen molar-refractivity contribution in [2.75, 3.05) is 0 Å². The first kappa shape index (κ1) is 11.6. The molecule has 1 aromatic heterocycles. The minimum absolute atomic E-state index is 0.0887. The zero-order valence-electron chi connectivity index (χ0n) is 10.1. The number of hydrogen-bond donors (Lipinski definition) is 1. The summed E-state index contributed by atoms with van der Waals surface area (Å²) in [6.45, 7) is 4.15. The highest BCUT2D eigenvalue weighted by atomic mass is 16.1. The van der Waals surface area contributed by atoms with Gasteiger partial charge in [0.2, 0.25) is 0 Å². The molecule has 0 saturated heterocycles. The number of nitrogens with zero attached hydrogens (tertiary/aromatic N) is 1. The van der Waals surface area contributed by atoms with Crippen molar-refractivity contribution in [1.82, 2.24) is 9.97 Å². The third-order valence-corrected chi connectivity index (χ3v) is 2.91. The molecular formula is C14H16N2O. The number of benzene rings is 1. The highest BCUT2D eigenvalue weighted by molar-refractivity contribution is 5.58. The van der Waals surface area contributed by atoms with Gasteiger partial charge >= 0.3 is 0 Å². The van der Waals surface area contributed by atoms with Crippen LogP contribution in [0.25, 0.3) is 11.3 Å². The molecule has 0 aliphatic rings. The molecule has 0 bridgehead atoms. The number of hydrogen-bond acceptors (Lipinski definition) is 2. The minimum Gasteiger partial charge on any atom is -0.310 e. The van der Waals surface area contributed by atoms with Gasteiger partial charge in [-0.1, -0.05) is 44.2 Å². The van der Waals surface area contributed by atoms with Crippen molar-refractivity contribution in [3.63, 3.8) is 0 Å². The number of rotatable bonds is 3. The van der Waals surface area contributed by atoms with Crippen LogP contribution in [0.2, 0.25) is 0 Å². The van der Waals surface area contributed by atoms with Crippen LogP contribution < -0.4 is 5.56 Å². The third kappa shape index (κ3) is 2.61. The molecule has 0 saturated carbocycles. The van der Waals surface area contributed by atoms with Crippen molar-refractivity contribution in [2.45, 2.75) is 26.2 Å². The van der Waals surface area contributed by atoms with Gasteiger partial charge in [-0.25, -0.2) is 4.98 Å². The van der Waals surface area contributed by atoms with Gasteiger partial charge in [0, 0.05) is 17.5 Å². The molecule has 1 N–H and O–H groups in total. The molecule has 3 nitrogen and oxygen atoms in total. The zero-order chi connectivity index (χ0) is 12.3. The maximum absolute atomic E-state index is 11.6. The molecule has 0 spiro atoms. The molecule has 1 aromatic carbocycles. The van der Waals surface area contributed by atoms with Crippen LogP contribution in [0.5, 0.6) is 0 Å². The van der Waals surface area contributed by atoms with Gasteiger partial charge in [0.25, 0.3) is 5.56 Å². The van der Waals surface area contributed by atoms with E-state index in [-0.39, 0.29) is 11.5 Å². The van der Waals surface area contributed by atoms with Crippen LogP contribution in [0.15, 0.2) is 41.2 Å². The van der Waals surface area contributed by atoms with Gasteiger partial charge in [0.05, 0.1) is 5.69 Å². The zero-order valence-corrected chi connectivity index (χ0v) is 10.1. The average Bonchev–Trinajstić information content (AvgIpc) is 2.38. The quantitative estimate of drug-likeness (QED) is 0.877. The van der Waals surface area contributed by atoms with Crippen molar-refractivity contribution in [3.8, 4) is 11.3 Å². The molecule has 1 atom stereocenters. The van der Waals surface area contributed by atoms with Crippen LogP contribution in [0.1, 0.15) is 32.0 Å². The highest BCUT2D eigenvalue weighted by Gasteiger charge is 2.08. The van der Waals surface area contributed by atoms with Crippen LogP contribution in [-0.2, 0) is 0 Å². The van der Waals surface area contributed by atoms with E-state index >= 15 is 0 Å². The standard InChI is InChI=1S/C14H16N2O/c1-3-10(2)14-15-12(9-13(17)16-14)11-7-5-4-6-8-11/h4-10H,3H2,1-2H3,(H,15,16,17). The summed E-state index contributed by atoms with van der Waals surface area (Å²) in [6.07, 6.45) is 0.960. The molecule has 1 unspecified atom stereocenters. The first-order valence-electron chi connectivity index (χ1n) is 5.87. The van der Waals surface area contributed by atoms with Crippen LogP contribution >= 0.6 is 0 Å². The summed E-state index contributed by atoms with van der Waals surface area (Å²) in [7, 11) is 0. The second-order valence-electron chi connectivity index (χ2n) is 4.19. The van der Waals surface area contributed by atoms with Crippen LogP contribution in [0.4, 0.5) is 0 Å². The first-order valence-corrected chi connectivity index (χ1v) is 5.87. The van der Waals surface area contributed by atoms with Crippen molar-refractivity contribution in [1.29, 1.82) is 0 Å². The largest absolute Gasteiger partial charge is 0.310 e. The topological polar surface area (TPSA) is 45.8 Å². The van der Waals surface area contributed by atoms with Crippen molar-refractivity contribution in [2.24, 2.45) is 0 Å². The molecule has 2 aromatic rings. The van der Waals surface area contributed by atoms with Gasteiger partial charge in [-0.2, -0.15) is 0 Å². The first-order chi connectivity index (χ1) is 8.20. The average molecular weight is 228 g/mol. The lowest BCUT2D eigenvalue weighted by Gasteiger charge is -2.09. The van der Waals surface area contributed by atoms with E-state index in [0.29, 0.717) is 0 Å². The highest BCUT2D eigenvalue weighted by Crippen LogP contribution is 2.18. The SMILES string of the molecule is CCC(C)c1nc(-c2ccccc2)cc(=O)[nH]1. The van der Waals surface area contributed by atoms with Gasteiger partial charge in [0.15, 0.2) is 0 Å². The molecule has 0 aliphatic heterocycles. The third-order valence-electron chi connectivity index (χ3n) is 2.91. The maximum Gasteiger partial charge on any atom is 0.251 e. The number of aromatic nitrogens is 2. The number of nitrogens with one attached hydrogen (secondary N) is 1. The Kier molecular flexibility index (Phi) is 3.38. The van der Waals surface area contributed by atoms with Gasteiger partial charge < -0.3 is 4.98 Å². The normalized spacial score (nSPS) is 12.4. The monoisotopic (exact) mass is 228 g/mol. The van der Waals surface area contributed by atoms with Gasteiger partial charge in [0.1, 0.15) is 5.82 Å². The molecule has 0 amide bonds. The lowest BCUT2D eigenvalue weighted by molar-refractivity contribution is 0.675. The van der Waals surface area contributed by atoms with E-state index in [2.05, 4.69) is 23.8 Å². The van der Waals surface area contributed by atoms with E-state index in [1.807, 2.05) is 30.3 Å². The summed E-state index contributed by atoms with van der Waals surface area (Å²) in [4.78, 5) is 18.9. The summed E-state index contributed by atoms with van der Waals surface area (Å²) in [5.74, 6) is 1.03. The van der Waals surface area contributed by atoms with Crippen LogP contribution in [0.3, 0.4) is 0 Å². The summed E-state index contributed by atoms with van der Waals surface area (Å²) in [5, 5.41) is 0. The summed E-state index contributed by atoms with van der Waals surface area (Å²) < 4.78 is 0. The van der Waals surface area contributed by atoms with Gasteiger partial charge in [-0.3, -0.25) is 4.79 Å². The van der Waals surface area contributed by atoms with E-state index in [1.165, 1.54) is 0 Å². The Balaban J connectivity index is 2.49. The second kappa shape index (κ2) is 4.95. The predicted molar refractivity (Wildman–Crippen MR) is 69.0 cm³/mol. The molecule has 3 heteroatoms. The molecule has 88 valence electrons. The Morgan fingerprint density at radius 2 is 2.00 bits per heavy atom. The fourth-order valence-corrected chi connectivity index (χ4v) is 1.66. The number of aromatic amines is 1. The Bertz CT molecular complexity index is 546. The molecule has 0 fully saturated rings. The van der Waals surface area contributed by atoms with Crippen molar-refractivity contribution in [3.05, 3.63) is 52.6 Å². The lowest BCUT2D eigenvalue weighted by Crippen LogP contribution is -2.12. The van der Waals surface area contributed by atoms with Gasteiger partial charge in [-0.05, 0) is 6.42 Å². The molecule has 0 radical (unpaired) electrons. The Morgan fingerprint density at radius 3 is 2.65 bits per heavy atom. The molecule has 17 heavy (non-hydrogen) atoms. The smallest absolute Gasteiger partial charge is 0.251 e. The van der Waals surface area contributed by atoms with Crippen LogP contribution in [-0.4, -0.2) is 9.97 Å². The Labute approximate surface area is 101 Å². The Hall–Kier alpha value is -1.90. The summed E-state index contributed by atoms with van der Waals surface area (Å²) in [6, 6.07) is 11.3. The summed E-state index contributed by atoms with van der Waals surface area (Å²) in [5.41, 5.74) is 1.63. The van der Waals surface area contributed by atoms with E-state index in [0.717, 1.165) is 23.5 Å². The van der Waals surface area contributed by atoms with E-state index < -0.39 is 0 Å². The molecule has 1 heterocycles. The fraction of sp³-hybridized carbons (Fsp3) is 0.286. The second-order valence-corrected chi connectivity index (χ2v) is 4.19. The van der Waals surface area contributed by atoms with E-state index in [4.69, 9.17) is 0 Å². The van der Waals surface area contributed by atoms with E-state index in [9.17, 15) is 4.79 Å². The summed E-state index contributed by atoms with van der Waals surface area (Å²) >= 11 is 0. The van der Waals surface area contributed by atoms with Crippen molar-refractivity contribution < 1.29 is 0 Å².